The molecular formula is C15H25N3O2. The third-order valence-electron chi connectivity index (χ3n) is 2.92. The Hall–Kier alpha value is -1.59. The van der Waals surface area contributed by atoms with Gasteiger partial charge in [-0.2, -0.15) is 0 Å². The maximum atomic E-state index is 11.6. The van der Waals surface area contributed by atoms with Crippen LogP contribution in [0.25, 0.3) is 0 Å². The van der Waals surface area contributed by atoms with Gasteiger partial charge in [0.05, 0.1) is 7.11 Å². The normalized spacial score (nSPS) is 10.6. The average Bonchev–Trinajstić information content (AvgIpc) is 2.43. The van der Waals surface area contributed by atoms with Crippen LogP contribution in [-0.4, -0.2) is 51.6 Å². The second-order valence-corrected chi connectivity index (χ2v) is 4.89. The summed E-state index contributed by atoms with van der Waals surface area (Å²) in [5.41, 5.74) is 1.10. The molecule has 0 saturated carbocycles. The molecule has 0 bridgehead atoms. The van der Waals surface area contributed by atoms with E-state index in [0.717, 1.165) is 17.9 Å². The third kappa shape index (κ3) is 6.54. The van der Waals surface area contributed by atoms with Gasteiger partial charge < -0.3 is 20.3 Å². The molecule has 0 aromatic heterocycles. The number of likely N-dealkylation sites (N-methyl/N-ethyl adjacent to an activating group) is 1. The molecule has 1 amide bonds. The van der Waals surface area contributed by atoms with Crippen molar-refractivity contribution < 1.29 is 9.53 Å². The number of carbonyl (C=O) groups excluding carboxylic acids is 1. The van der Waals surface area contributed by atoms with Gasteiger partial charge in [-0.15, -0.1) is 0 Å². The topological polar surface area (TPSA) is 53.6 Å². The fraction of sp³-hybridized carbons (Fsp3) is 0.533. The monoisotopic (exact) mass is 279 g/mol. The molecular weight excluding hydrogens is 254 g/mol. The lowest BCUT2D eigenvalue weighted by molar-refractivity contribution is -0.121. The zero-order valence-corrected chi connectivity index (χ0v) is 12.6. The van der Waals surface area contributed by atoms with Crippen molar-refractivity contribution in [2.75, 3.05) is 40.8 Å². The lowest BCUT2D eigenvalue weighted by atomic mass is 10.2. The zero-order chi connectivity index (χ0) is 14.8. The Morgan fingerprint density at radius 1 is 1.25 bits per heavy atom. The number of rotatable bonds is 9. The molecule has 1 rings (SSSR count). The molecule has 112 valence electrons. The number of methoxy groups -OCH3 is 1. The van der Waals surface area contributed by atoms with E-state index < -0.39 is 0 Å². The van der Waals surface area contributed by atoms with E-state index in [1.807, 2.05) is 43.3 Å². The Balaban J connectivity index is 2.16. The lowest BCUT2D eigenvalue weighted by Gasteiger charge is -2.11. The molecule has 1 aromatic carbocycles. The Morgan fingerprint density at radius 3 is 2.70 bits per heavy atom. The minimum absolute atomic E-state index is 0.0828. The number of nitrogens with one attached hydrogen (secondary N) is 2. The first kappa shape index (κ1) is 16.5. The highest BCUT2D eigenvalue weighted by molar-refractivity contribution is 5.76. The van der Waals surface area contributed by atoms with Crippen molar-refractivity contribution >= 4 is 5.91 Å². The van der Waals surface area contributed by atoms with E-state index in [4.69, 9.17) is 4.74 Å². The quantitative estimate of drug-likeness (QED) is 0.658. The Kier molecular flexibility index (Phi) is 7.69. The first-order valence-corrected chi connectivity index (χ1v) is 6.87. The summed E-state index contributed by atoms with van der Waals surface area (Å²) in [6.45, 7) is 2.92. The van der Waals surface area contributed by atoms with Crippen molar-refractivity contribution in [1.82, 2.24) is 15.5 Å². The SMILES string of the molecule is COc1ccccc1CNCCC(=O)NCCN(C)C. The molecule has 0 radical (unpaired) electrons. The predicted molar refractivity (Wildman–Crippen MR) is 80.9 cm³/mol. The Morgan fingerprint density at radius 2 is 2.00 bits per heavy atom. The molecule has 0 aliphatic heterocycles. The summed E-state index contributed by atoms with van der Waals surface area (Å²) in [4.78, 5) is 13.6. The summed E-state index contributed by atoms with van der Waals surface area (Å²) >= 11 is 0. The van der Waals surface area contributed by atoms with Crippen LogP contribution < -0.4 is 15.4 Å². The minimum atomic E-state index is 0.0828. The van der Waals surface area contributed by atoms with Crippen LogP contribution >= 0.6 is 0 Å². The van der Waals surface area contributed by atoms with E-state index in [9.17, 15) is 4.79 Å². The number of carbonyl (C=O) groups is 1. The van der Waals surface area contributed by atoms with Gasteiger partial charge in [0.2, 0.25) is 5.91 Å². The summed E-state index contributed by atoms with van der Waals surface area (Å²) in [5, 5.41) is 6.15. The molecule has 0 heterocycles. The Bertz CT molecular complexity index is 408. The van der Waals surface area contributed by atoms with Crippen molar-refractivity contribution in [3.05, 3.63) is 29.8 Å². The highest BCUT2D eigenvalue weighted by atomic mass is 16.5. The van der Waals surface area contributed by atoms with E-state index in [0.29, 0.717) is 26.1 Å². The molecule has 0 spiro atoms. The standard InChI is InChI=1S/C15H25N3O2/c1-18(2)11-10-17-15(19)8-9-16-12-13-6-4-5-7-14(13)20-3/h4-7,16H,8-12H2,1-3H3,(H,17,19). The number of hydrogen-bond acceptors (Lipinski definition) is 4. The van der Waals surface area contributed by atoms with Crippen LogP contribution in [0.3, 0.4) is 0 Å². The van der Waals surface area contributed by atoms with Crippen LogP contribution in [-0.2, 0) is 11.3 Å². The first-order chi connectivity index (χ1) is 9.63. The highest BCUT2D eigenvalue weighted by Crippen LogP contribution is 2.16. The number of benzene rings is 1. The predicted octanol–water partition coefficient (Wildman–Crippen LogP) is 0.853. The van der Waals surface area contributed by atoms with Gasteiger partial charge in [0.15, 0.2) is 0 Å². The smallest absolute Gasteiger partial charge is 0.221 e. The molecule has 0 unspecified atom stereocenters. The number of hydrogen-bond donors (Lipinski definition) is 2. The van der Waals surface area contributed by atoms with Crippen LogP contribution in [0, 0.1) is 0 Å². The Labute approximate surface area is 121 Å². The van der Waals surface area contributed by atoms with E-state index in [1.54, 1.807) is 7.11 Å². The van der Waals surface area contributed by atoms with Gasteiger partial charge >= 0.3 is 0 Å². The maximum Gasteiger partial charge on any atom is 0.221 e. The highest BCUT2D eigenvalue weighted by Gasteiger charge is 2.03. The fourth-order valence-corrected chi connectivity index (χ4v) is 1.78. The summed E-state index contributed by atoms with van der Waals surface area (Å²) in [7, 11) is 5.64. The first-order valence-electron chi connectivity index (χ1n) is 6.87. The van der Waals surface area contributed by atoms with Gasteiger partial charge in [-0.05, 0) is 20.2 Å². The molecule has 0 aliphatic carbocycles. The number of amides is 1. The van der Waals surface area contributed by atoms with E-state index in [2.05, 4.69) is 10.6 Å². The molecule has 2 N–H and O–H groups in total. The molecule has 0 saturated heterocycles. The van der Waals surface area contributed by atoms with Crippen LogP contribution in [0.5, 0.6) is 5.75 Å². The van der Waals surface area contributed by atoms with Crippen molar-refractivity contribution in [3.63, 3.8) is 0 Å². The van der Waals surface area contributed by atoms with Crippen LogP contribution in [0.15, 0.2) is 24.3 Å². The molecule has 5 nitrogen and oxygen atoms in total. The molecule has 0 aliphatic rings. The number of ether oxygens (including phenoxy) is 1. The van der Waals surface area contributed by atoms with Crippen molar-refractivity contribution in [3.8, 4) is 5.75 Å². The van der Waals surface area contributed by atoms with Crippen molar-refractivity contribution in [2.45, 2.75) is 13.0 Å². The largest absolute Gasteiger partial charge is 0.496 e. The van der Waals surface area contributed by atoms with E-state index in [1.165, 1.54) is 0 Å². The van der Waals surface area contributed by atoms with Gasteiger partial charge in [-0.1, -0.05) is 18.2 Å². The summed E-state index contributed by atoms with van der Waals surface area (Å²) < 4.78 is 5.28. The van der Waals surface area contributed by atoms with Crippen LogP contribution in [0.1, 0.15) is 12.0 Å². The molecule has 1 aromatic rings. The lowest BCUT2D eigenvalue weighted by Crippen LogP contribution is -2.33. The van der Waals surface area contributed by atoms with E-state index in [-0.39, 0.29) is 5.91 Å². The molecule has 0 atom stereocenters. The third-order valence-corrected chi connectivity index (χ3v) is 2.92. The van der Waals surface area contributed by atoms with Gasteiger partial charge in [0.1, 0.15) is 5.75 Å². The maximum absolute atomic E-state index is 11.6. The van der Waals surface area contributed by atoms with E-state index >= 15 is 0 Å². The summed E-state index contributed by atoms with van der Waals surface area (Å²) in [6.07, 6.45) is 0.489. The number of para-hydroxylation sites is 1. The zero-order valence-electron chi connectivity index (χ0n) is 12.6. The minimum Gasteiger partial charge on any atom is -0.496 e. The van der Waals surface area contributed by atoms with Crippen LogP contribution in [0.2, 0.25) is 0 Å². The van der Waals surface area contributed by atoms with Gasteiger partial charge in [-0.3, -0.25) is 4.79 Å². The molecule has 20 heavy (non-hydrogen) atoms. The average molecular weight is 279 g/mol. The van der Waals surface area contributed by atoms with Crippen molar-refractivity contribution in [1.29, 1.82) is 0 Å². The van der Waals surface area contributed by atoms with Gasteiger partial charge in [0.25, 0.3) is 0 Å². The summed E-state index contributed by atoms with van der Waals surface area (Å²) in [6, 6.07) is 7.88. The van der Waals surface area contributed by atoms with Gasteiger partial charge in [0, 0.05) is 38.2 Å². The molecule has 0 fully saturated rings. The second kappa shape index (κ2) is 9.34. The summed E-state index contributed by atoms with van der Waals surface area (Å²) in [5.74, 6) is 0.954. The van der Waals surface area contributed by atoms with Crippen molar-refractivity contribution in [2.24, 2.45) is 0 Å². The number of nitrogens with zero attached hydrogens (tertiary/aromatic N) is 1. The fourth-order valence-electron chi connectivity index (χ4n) is 1.78. The van der Waals surface area contributed by atoms with Gasteiger partial charge in [-0.25, -0.2) is 0 Å². The second-order valence-electron chi connectivity index (χ2n) is 4.89. The molecule has 5 heteroatoms. The van der Waals surface area contributed by atoms with Crippen LogP contribution in [0.4, 0.5) is 0 Å².